The molecule has 2 rings (SSSR count). The standard InChI is InChI=1S/C13H16F3NO3S/c1-17-12(10-5-6-21(18,19)8-10)9-3-2-4-11(7-9)20-13(14,15)16/h2-4,7,10,12,17H,5-6,8H2,1H3. The second kappa shape index (κ2) is 5.84. The minimum absolute atomic E-state index is 0.0445. The van der Waals surface area contributed by atoms with E-state index in [2.05, 4.69) is 10.1 Å². The summed E-state index contributed by atoms with van der Waals surface area (Å²) in [5.41, 5.74) is 0.585. The second-order valence-electron chi connectivity index (χ2n) is 5.05. The van der Waals surface area contributed by atoms with Gasteiger partial charge < -0.3 is 10.1 Å². The van der Waals surface area contributed by atoms with E-state index < -0.39 is 16.2 Å². The number of benzene rings is 1. The van der Waals surface area contributed by atoms with E-state index in [1.165, 1.54) is 18.2 Å². The Hall–Kier alpha value is -1.28. The van der Waals surface area contributed by atoms with E-state index in [4.69, 9.17) is 0 Å². The van der Waals surface area contributed by atoms with Gasteiger partial charge in [0, 0.05) is 6.04 Å². The van der Waals surface area contributed by atoms with Gasteiger partial charge in [0.1, 0.15) is 5.75 Å². The maximum Gasteiger partial charge on any atom is 0.573 e. The monoisotopic (exact) mass is 323 g/mol. The highest BCUT2D eigenvalue weighted by Gasteiger charge is 2.35. The van der Waals surface area contributed by atoms with Crippen LogP contribution in [0, 0.1) is 5.92 Å². The van der Waals surface area contributed by atoms with Gasteiger partial charge in [-0.25, -0.2) is 8.42 Å². The van der Waals surface area contributed by atoms with E-state index in [1.807, 2.05) is 0 Å². The van der Waals surface area contributed by atoms with Gasteiger partial charge in [-0.3, -0.25) is 0 Å². The maximum atomic E-state index is 12.2. The third-order valence-corrected chi connectivity index (χ3v) is 5.29. The predicted octanol–water partition coefficient (Wildman–Crippen LogP) is 2.28. The van der Waals surface area contributed by atoms with Gasteiger partial charge in [-0.2, -0.15) is 0 Å². The van der Waals surface area contributed by atoms with Crippen LogP contribution in [0.2, 0.25) is 0 Å². The van der Waals surface area contributed by atoms with Crippen molar-refractivity contribution in [2.75, 3.05) is 18.6 Å². The second-order valence-corrected chi connectivity index (χ2v) is 7.28. The van der Waals surface area contributed by atoms with Crippen LogP contribution in [0.15, 0.2) is 24.3 Å². The maximum absolute atomic E-state index is 12.2. The summed E-state index contributed by atoms with van der Waals surface area (Å²) in [4.78, 5) is 0. The number of halogens is 3. The predicted molar refractivity (Wildman–Crippen MR) is 71.7 cm³/mol. The van der Waals surface area contributed by atoms with Crippen molar-refractivity contribution in [3.05, 3.63) is 29.8 Å². The highest BCUT2D eigenvalue weighted by Crippen LogP contribution is 2.33. The Kier molecular flexibility index (Phi) is 4.48. The van der Waals surface area contributed by atoms with Crippen LogP contribution in [-0.4, -0.2) is 33.3 Å². The van der Waals surface area contributed by atoms with Crippen LogP contribution in [-0.2, 0) is 9.84 Å². The normalized spacial score (nSPS) is 23.0. The number of ether oxygens (including phenoxy) is 1. The summed E-state index contributed by atoms with van der Waals surface area (Å²) in [5, 5.41) is 2.99. The van der Waals surface area contributed by atoms with Crippen LogP contribution in [0.4, 0.5) is 13.2 Å². The minimum atomic E-state index is -4.75. The Morgan fingerprint density at radius 1 is 1.38 bits per heavy atom. The molecule has 1 N–H and O–H groups in total. The number of nitrogens with one attached hydrogen (secondary N) is 1. The number of sulfone groups is 1. The summed E-state index contributed by atoms with van der Waals surface area (Å²) in [5.74, 6) is -0.292. The zero-order valence-corrected chi connectivity index (χ0v) is 12.2. The molecule has 0 radical (unpaired) electrons. The van der Waals surface area contributed by atoms with Crippen LogP contribution in [0.1, 0.15) is 18.0 Å². The first-order valence-electron chi connectivity index (χ1n) is 6.43. The van der Waals surface area contributed by atoms with Crippen LogP contribution >= 0.6 is 0 Å². The van der Waals surface area contributed by atoms with E-state index in [0.29, 0.717) is 12.0 Å². The van der Waals surface area contributed by atoms with Crippen molar-refractivity contribution < 1.29 is 26.3 Å². The van der Waals surface area contributed by atoms with Gasteiger partial charge in [0.2, 0.25) is 0 Å². The third-order valence-electron chi connectivity index (χ3n) is 3.50. The third kappa shape index (κ3) is 4.34. The quantitative estimate of drug-likeness (QED) is 0.924. The molecule has 2 unspecified atom stereocenters. The van der Waals surface area contributed by atoms with Gasteiger partial charge in [0.15, 0.2) is 9.84 Å². The lowest BCUT2D eigenvalue weighted by molar-refractivity contribution is -0.274. The SMILES string of the molecule is CNC(c1cccc(OC(F)(F)F)c1)C1CCS(=O)(=O)C1. The van der Waals surface area contributed by atoms with Gasteiger partial charge in [0.25, 0.3) is 0 Å². The Labute approximate surface area is 121 Å². The molecule has 1 fully saturated rings. The smallest absolute Gasteiger partial charge is 0.406 e. The number of rotatable bonds is 4. The molecular weight excluding hydrogens is 307 g/mol. The fourth-order valence-corrected chi connectivity index (χ4v) is 4.51. The lowest BCUT2D eigenvalue weighted by Gasteiger charge is -2.23. The Morgan fingerprint density at radius 2 is 2.10 bits per heavy atom. The lowest BCUT2D eigenvalue weighted by atomic mass is 9.92. The molecule has 1 aliphatic heterocycles. The van der Waals surface area contributed by atoms with Crippen LogP contribution < -0.4 is 10.1 Å². The molecule has 0 aliphatic carbocycles. The number of hydrogen-bond acceptors (Lipinski definition) is 4. The molecule has 0 bridgehead atoms. The summed E-state index contributed by atoms with van der Waals surface area (Å²) in [6.07, 6.45) is -4.25. The molecule has 1 aromatic carbocycles. The lowest BCUT2D eigenvalue weighted by Crippen LogP contribution is -2.26. The molecular formula is C13H16F3NO3S. The number of alkyl halides is 3. The van der Waals surface area contributed by atoms with Gasteiger partial charge in [-0.15, -0.1) is 13.2 Å². The van der Waals surface area contributed by atoms with E-state index in [-0.39, 0.29) is 29.2 Å². The average molecular weight is 323 g/mol. The van der Waals surface area contributed by atoms with Crippen LogP contribution in [0.25, 0.3) is 0 Å². The van der Waals surface area contributed by atoms with Crippen molar-refractivity contribution in [2.24, 2.45) is 5.92 Å². The fraction of sp³-hybridized carbons (Fsp3) is 0.538. The van der Waals surface area contributed by atoms with E-state index >= 15 is 0 Å². The zero-order chi connectivity index (χ0) is 15.7. The van der Waals surface area contributed by atoms with Gasteiger partial charge in [0.05, 0.1) is 11.5 Å². The molecule has 2 atom stereocenters. The fourth-order valence-electron chi connectivity index (χ4n) is 2.67. The summed E-state index contributed by atoms with van der Waals surface area (Å²) in [6, 6.07) is 5.31. The highest BCUT2D eigenvalue weighted by molar-refractivity contribution is 7.91. The van der Waals surface area contributed by atoms with Gasteiger partial charge >= 0.3 is 6.36 Å². The van der Waals surface area contributed by atoms with Crippen LogP contribution in [0.3, 0.4) is 0 Å². The van der Waals surface area contributed by atoms with E-state index in [9.17, 15) is 21.6 Å². The Bertz CT molecular complexity index is 601. The van der Waals surface area contributed by atoms with E-state index in [1.54, 1.807) is 13.1 Å². The molecule has 1 saturated heterocycles. The van der Waals surface area contributed by atoms with Crippen molar-refractivity contribution >= 4 is 9.84 Å². The molecule has 1 heterocycles. The van der Waals surface area contributed by atoms with Gasteiger partial charge in [-0.1, -0.05) is 12.1 Å². The molecule has 1 aliphatic rings. The molecule has 0 amide bonds. The van der Waals surface area contributed by atoms with Crippen molar-refractivity contribution in [1.29, 1.82) is 0 Å². The highest BCUT2D eigenvalue weighted by atomic mass is 32.2. The van der Waals surface area contributed by atoms with Crippen molar-refractivity contribution in [1.82, 2.24) is 5.32 Å². The van der Waals surface area contributed by atoms with Gasteiger partial charge in [-0.05, 0) is 37.1 Å². The summed E-state index contributed by atoms with van der Waals surface area (Å²) >= 11 is 0. The molecule has 0 spiro atoms. The molecule has 118 valence electrons. The minimum Gasteiger partial charge on any atom is -0.406 e. The van der Waals surface area contributed by atoms with E-state index in [0.717, 1.165) is 0 Å². The first kappa shape index (κ1) is 16.1. The summed E-state index contributed by atoms with van der Waals surface area (Å²) in [6.45, 7) is 0. The van der Waals surface area contributed by atoms with Crippen LogP contribution in [0.5, 0.6) is 5.75 Å². The Morgan fingerprint density at radius 3 is 2.62 bits per heavy atom. The number of hydrogen-bond donors (Lipinski definition) is 1. The first-order valence-corrected chi connectivity index (χ1v) is 8.26. The topological polar surface area (TPSA) is 55.4 Å². The summed E-state index contributed by atoms with van der Waals surface area (Å²) in [7, 11) is -1.39. The zero-order valence-electron chi connectivity index (χ0n) is 11.4. The molecule has 1 aromatic rings. The Balaban J connectivity index is 2.21. The first-order chi connectivity index (χ1) is 9.70. The van der Waals surface area contributed by atoms with Crippen molar-refractivity contribution in [2.45, 2.75) is 18.8 Å². The van der Waals surface area contributed by atoms with Crippen molar-refractivity contribution in [3.8, 4) is 5.75 Å². The van der Waals surface area contributed by atoms with Crippen molar-refractivity contribution in [3.63, 3.8) is 0 Å². The molecule has 8 heteroatoms. The molecule has 4 nitrogen and oxygen atoms in total. The summed E-state index contributed by atoms with van der Waals surface area (Å²) < 4.78 is 63.7. The largest absolute Gasteiger partial charge is 0.573 e. The molecule has 21 heavy (non-hydrogen) atoms. The average Bonchev–Trinajstić information content (AvgIpc) is 2.69. The molecule has 0 saturated carbocycles. The molecule has 0 aromatic heterocycles.